The predicted octanol–water partition coefficient (Wildman–Crippen LogP) is 2.75. The highest BCUT2D eigenvalue weighted by Crippen LogP contribution is 2.30. The summed E-state index contributed by atoms with van der Waals surface area (Å²) in [6.07, 6.45) is -5.46. The molecular formula is C18H15F3N2O3. The fraction of sp³-hybridized carbons (Fsp3) is 0.222. The third-order valence-electron chi connectivity index (χ3n) is 3.40. The van der Waals surface area contributed by atoms with E-state index in [2.05, 4.69) is 5.32 Å². The zero-order valence-corrected chi connectivity index (χ0v) is 13.5. The lowest BCUT2D eigenvalue weighted by Gasteiger charge is -2.14. The second kappa shape index (κ2) is 8.36. The van der Waals surface area contributed by atoms with Crippen molar-refractivity contribution in [1.29, 1.82) is 5.26 Å². The number of benzene rings is 2. The van der Waals surface area contributed by atoms with Crippen molar-refractivity contribution in [3.05, 3.63) is 65.2 Å². The van der Waals surface area contributed by atoms with Crippen molar-refractivity contribution in [3.63, 3.8) is 0 Å². The number of hydrogen-bond donors (Lipinski definition) is 2. The van der Waals surface area contributed by atoms with Crippen molar-refractivity contribution in [1.82, 2.24) is 5.32 Å². The minimum atomic E-state index is -4.42. The summed E-state index contributed by atoms with van der Waals surface area (Å²) in [4.78, 5) is 11.9. The zero-order chi connectivity index (χ0) is 19.2. The Bertz CT molecular complexity index is 781. The number of aliphatic hydroxyl groups excluding tert-OH is 1. The first-order valence-corrected chi connectivity index (χ1v) is 7.56. The van der Waals surface area contributed by atoms with E-state index >= 15 is 0 Å². The summed E-state index contributed by atoms with van der Waals surface area (Å²) in [7, 11) is 0. The van der Waals surface area contributed by atoms with Gasteiger partial charge in [-0.2, -0.15) is 18.4 Å². The Hall–Kier alpha value is -3.05. The number of nitriles is 1. The molecule has 1 unspecified atom stereocenters. The second-order valence-electron chi connectivity index (χ2n) is 5.39. The van der Waals surface area contributed by atoms with E-state index in [1.807, 2.05) is 6.07 Å². The lowest BCUT2D eigenvalue weighted by atomic mass is 10.1. The van der Waals surface area contributed by atoms with E-state index in [9.17, 15) is 23.1 Å². The van der Waals surface area contributed by atoms with Gasteiger partial charge < -0.3 is 15.2 Å². The van der Waals surface area contributed by atoms with E-state index in [0.29, 0.717) is 11.1 Å². The Labute approximate surface area is 147 Å². The molecule has 0 aliphatic heterocycles. The molecule has 2 aromatic carbocycles. The van der Waals surface area contributed by atoms with E-state index in [1.165, 1.54) is 24.3 Å². The van der Waals surface area contributed by atoms with Gasteiger partial charge in [0.05, 0.1) is 17.2 Å². The standard InChI is InChI=1S/C18H15F3N2O3/c19-18(20,21)14-5-7-16(8-6-14)26-11-15(24)10-23-17(25)13-3-1-12(9-22)2-4-13/h1-8,15,24H,10-11H2,(H,23,25). The molecule has 1 atom stereocenters. The number of halogens is 3. The average Bonchev–Trinajstić information content (AvgIpc) is 2.64. The fourth-order valence-corrected chi connectivity index (χ4v) is 2.00. The number of nitrogens with one attached hydrogen (secondary N) is 1. The monoisotopic (exact) mass is 364 g/mol. The largest absolute Gasteiger partial charge is 0.491 e. The Kier molecular flexibility index (Phi) is 6.20. The normalized spacial score (nSPS) is 12.1. The number of nitrogens with zero attached hydrogens (tertiary/aromatic N) is 1. The van der Waals surface area contributed by atoms with Crippen molar-refractivity contribution in [3.8, 4) is 11.8 Å². The van der Waals surface area contributed by atoms with Crippen molar-refractivity contribution in [2.24, 2.45) is 0 Å². The molecule has 136 valence electrons. The van der Waals surface area contributed by atoms with Crippen molar-refractivity contribution in [2.75, 3.05) is 13.2 Å². The third-order valence-corrected chi connectivity index (χ3v) is 3.40. The number of alkyl halides is 3. The molecule has 2 aromatic rings. The highest BCUT2D eigenvalue weighted by atomic mass is 19.4. The van der Waals surface area contributed by atoms with Gasteiger partial charge in [-0.15, -0.1) is 0 Å². The molecule has 1 amide bonds. The molecule has 0 saturated heterocycles. The number of hydrogen-bond acceptors (Lipinski definition) is 4. The minimum absolute atomic E-state index is 0.0977. The molecule has 0 spiro atoms. The molecule has 0 radical (unpaired) electrons. The summed E-state index contributed by atoms with van der Waals surface area (Å²) >= 11 is 0. The van der Waals surface area contributed by atoms with Gasteiger partial charge in [-0.3, -0.25) is 4.79 Å². The molecule has 5 nitrogen and oxygen atoms in total. The van der Waals surface area contributed by atoms with E-state index in [0.717, 1.165) is 24.3 Å². The van der Waals surface area contributed by atoms with E-state index in [-0.39, 0.29) is 18.9 Å². The summed E-state index contributed by atoms with van der Waals surface area (Å²) in [6, 6.07) is 12.0. The molecule has 0 fully saturated rings. The van der Waals surface area contributed by atoms with E-state index < -0.39 is 23.8 Å². The lowest BCUT2D eigenvalue weighted by molar-refractivity contribution is -0.137. The summed E-state index contributed by atoms with van der Waals surface area (Å²) in [5, 5.41) is 21.0. The van der Waals surface area contributed by atoms with Crippen LogP contribution in [0.15, 0.2) is 48.5 Å². The summed E-state index contributed by atoms with van der Waals surface area (Å²) in [6.45, 7) is -0.293. The van der Waals surface area contributed by atoms with E-state index in [1.54, 1.807) is 0 Å². The molecule has 0 bridgehead atoms. The second-order valence-corrected chi connectivity index (χ2v) is 5.39. The van der Waals surface area contributed by atoms with Crippen molar-refractivity contribution < 1.29 is 27.8 Å². The Morgan fingerprint density at radius 3 is 2.31 bits per heavy atom. The van der Waals surface area contributed by atoms with Crippen molar-refractivity contribution >= 4 is 5.91 Å². The van der Waals surface area contributed by atoms with Crippen LogP contribution < -0.4 is 10.1 Å². The predicted molar refractivity (Wildman–Crippen MR) is 86.4 cm³/mol. The maximum absolute atomic E-state index is 12.5. The van der Waals surface area contributed by atoms with Crippen LogP contribution in [-0.4, -0.2) is 30.3 Å². The van der Waals surface area contributed by atoms with Gasteiger partial charge in [0.15, 0.2) is 0 Å². The van der Waals surface area contributed by atoms with Crippen LogP contribution in [0.4, 0.5) is 13.2 Å². The molecular weight excluding hydrogens is 349 g/mol. The van der Waals surface area contributed by atoms with Gasteiger partial charge in [-0.25, -0.2) is 0 Å². The molecule has 8 heteroatoms. The summed E-state index contributed by atoms with van der Waals surface area (Å²) in [5.74, 6) is -0.251. The SMILES string of the molecule is N#Cc1ccc(C(=O)NCC(O)COc2ccc(C(F)(F)F)cc2)cc1. The fourth-order valence-electron chi connectivity index (χ4n) is 2.00. The Morgan fingerprint density at radius 1 is 1.15 bits per heavy atom. The molecule has 2 rings (SSSR count). The van der Waals surface area contributed by atoms with Gasteiger partial charge >= 0.3 is 6.18 Å². The zero-order valence-electron chi connectivity index (χ0n) is 13.5. The molecule has 0 saturated carbocycles. The van der Waals surface area contributed by atoms with Crippen LogP contribution in [0, 0.1) is 11.3 Å². The maximum atomic E-state index is 12.5. The average molecular weight is 364 g/mol. The first-order chi connectivity index (χ1) is 12.3. The highest BCUT2D eigenvalue weighted by molar-refractivity contribution is 5.94. The number of carbonyl (C=O) groups excluding carboxylic acids is 1. The Balaban J connectivity index is 1.78. The van der Waals surface area contributed by atoms with Gasteiger partial charge in [0.2, 0.25) is 0 Å². The molecule has 0 aliphatic carbocycles. The molecule has 0 aromatic heterocycles. The first-order valence-electron chi connectivity index (χ1n) is 7.56. The molecule has 0 aliphatic rings. The van der Waals surface area contributed by atoms with Gasteiger partial charge in [0.1, 0.15) is 18.5 Å². The number of amides is 1. The summed E-state index contributed by atoms with van der Waals surface area (Å²) in [5.41, 5.74) is -0.0357. The van der Waals surface area contributed by atoms with Crippen LogP contribution in [-0.2, 0) is 6.18 Å². The summed E-state index contributed by atoms with van der Waals surface area (Å²) < 4.78 is 42.6. The third kappa shape index (κ3) is 5.50. The topological polar surface area (TPSA) is 82.4 Å². The number of ether oxygens (including phenoxy) is 1. The smallest absolute Gasteiger partial charge is 0.416 e. The van der Waals surface area contributed by atoms with Crippen LogP contribution in [0.25, 0.3) is 0 Å². The van der Waals surface area contributed by atoms with Crippen LogP contribution in [0.1, 0.15) is 21.5 Å². The van der Waals surface area contributed by atoms with Gasteiger partial charge in [0, 0.05) is 12.1 Å². The van der Waals surface area contributed by atoms with Crippen molar-refractivity contribution in [2.45, 2.75) is 12.3 Å². The molecule has 2 N–H and O–H groups in total. The first kappa shape index (κ1) is 19.3. The molecule has 0 heterocycles. The van der Waals surface area contributed by atoms with Crippen LogP contribution in [0.5, 0.6) is 5.75 Å². The quantitative estimate of drug-likeness (QED) is 0.826. The lowest BCUT2D eigenvalue weighted by Crippen LogP contribution is -2.35. The number of carbonyl (C=O) groups is 1. The number of aliphatic hydroxyl groups is 1. The molecule has 26 heavy (non-hydrogen) atoms. The van der Waals surface area contributed by atoms with Gasteiger partial charge in [0.25, 0.3) is 5.91 Å². The van der Waals surface area contributed by atoms with Crippen LogP contribution >= 0.6 is 0 Å². The van der Waals surface area contributed by atoms with Gasteiger partial charge in [-0.05, 0) is 48.5 Å². The van der Waals surface area contributed by atoms with Crippen LogP contribution in [0.3, 0.4) is 0 Å². The Morgan fingerprint density at radius 2 is 1.77 bits per heavy atom. The maximum Gasteiger partial charge on any atom is 0.416 e. The minimum Gasteiger partial charge on any atom is -0.491 e. The van der Waals surface area contributed by atoms with Crippen LogP contribution in [0.2, 0.25) is 0 Å². The van der Waals surface area contributed by atoms with E-state index in [4.69, 9.17) is 10.00 Å². The highest BCUT2D eigenvalue weighted by Gasteiger charge is 2.30. The number of rotatable bonds is 6. The van der Waals surface area contributed by atoms with Gasteiger partial charge in [-0.1, -0.05) is 0 Å².